The van der Waals surface area contributed by atoms with Crippen LogP contribution in [0, 0.1) is 5.92 Å². The third-order valence-corrected chi connectivity index (χ3v) is 4.73. The van der Waals surface area contributed by atoms with Gasteiger partial charge in [-0.3, -0.25) is 9.59 Å². The molecule has 2 aromatic carbocycles. The van der Waals surface area contributed by atoms with Gasteiger partial charge in [0.15, 0.2) is 6.61 Å². The van der Waals surface area contributed by atoms with Crippen LogP contribution in [0.4, 0.5) is 5.69 Å². The van der Waals surface area contributed by atoms with E-state index in [1.165, 1.54) is 0 Å². The molecule has 1 N–H and O–H groups in total. The minimum Gasteiger partial charge on any atom is -0.484 e. The van der Waals surface area contributed by atoms with Crippen molar-refractivity contribution in [2.45, 2.75) is 32.7 Å². The lowest BCUT2D eigenvalue weighted by Gasteiger charge is -2.23. The topological polar surface area (TPSA) is 58.6 Å². The highest BCUT2D eigenvalue weighted by atomic mass is 16.5. The van der Waals surface area contributed by atoms with Crippen molar-refractivity contribution in [3.05, 3.63) is 60.2 Å². The Morgan fingerprint density at radius 3 is 2.41 bits per heavy atom. The van der Waals surface area contributed by atoms with Gasteiger partial charge in [-0.15, -0.1) is 0 Å². The minimum absolute atomic E-state index is 0.0436. The van der Waals surface area contributed by atoms with Crippen LogP contribution in [0.2, 0.25) is 0 Å². The summed E-state index contributed by atoms with van der Waals surface area (Å²) < 4.78 is 5.61. The van der Waals surface area contributed by atoms with Crippen LogP contribution in [0.3, 0.4) is 0 Å². The molecule has 1 aliphatic heterocycles. The molecule has 1 aliphatic rings. The number of carbonyl (C=O) groups is 2. The number of anilines is 1. The molecule has 1 saturated heterocycles. The van der Waals surface area contributed by atoms with Crippen molar-refractivity contribution in [1.29, 1.82) is 0 Å². The van der Waals surface area contributed by atoms with Gasteiger partial charge in [0.2, 0.25) is 5.91 Å². The maximum absolute atomic E-state index is 12.3. The third-order valence-electron chi connectivity index (χ3n) is 4.73. The molecule has 142 valence electrons. The van der Waals surface area contributed by atoms with E-state index in [0.29, 0.717) is 12.2 Å². The van der Waals surface area contributed by atoms with Gasteiger partial charge in [-0.05, 0) is 42.2 Å². The molecule has 1 heterocycles. The number of hydrogen-bond donors (Lipinski definition) is 1. The second kappa shape index (κ2) is 8.71. The van der Waals surface area contributed by atoms with Gasteiger partial charge in [0.25, 0.3) is 5.91 Å². The van der Waals surface area contributed by atoms with Gasteiger partial charge in [-0.25, -0.2) is 0 Å². The van der Waals surface area contributed by atoms with Crippen LogP contribution in [-0.2, 0) is 9.59 Å². The van der Waals surface area contributed by atoms with E-state index in [4.69, 9.17) is 4.74 Å². The van der Waals surface area contributed by atoms with Crippen LogP contribution in [0.15, 0.2) is 54.6 Å². The first-order valence-electron chi connectivity index (χ1n) is 9.42. The summed E-state index contributed by atoms with van der Waals surface area (Å²) in [6.07, 6.45) is 1.51. The lowest BCUT2D eigenvalue weighted by Crippen LogP contribution is -2.35. The Hall–Kier alpha value is -2.82. The lowest BCUT2D eigenvalue weighted by molar-refractivity contribution is -0.124. The number of rotatable bonds is 7. The largest absolute Gasteiger partial charge is 0.484 e. The van der Waals surface area contributed by atoms with E-state index in [2.05, 4.69) is 19.2 Å². The van der Waals surface area contributed by atoms with Crippen LogP contribution in [0.1, 0.15) is 38.3 Å². The molecule has 3 rings (SSSR count). The molecule has 27 heavy (non-hydrogen) atoms. The maximum atomic E-state index is 12.3. The SMILES string of the molecule is CC(C)C(NC(=O)COc1ccc(N2CCCC2=O)cc1)c1ccccc1. The van der Waals surface area contributed by atoms with E-state index >= 15 is 0 Å². The smallest absolute Gasteiger partial charge is 0.258 e. The Kier molecular flexibility index (Phi) is 6.12. The molecular formula is C22H26N2O3. The summed E-state index contributed by atoms with van der Waals surface area (Å²) in [4.78, 5) is 25.9. The number of ether oxygens (including phenoxy) is 1. The standard InChI is InChI=1S/C22H26N2O3/c1-16(2)22(17-7-4-3-5-8-17)23-20(25)15-27-19-12-10-18(11-13-19)24-14-6-9-21(24)26/h3-5,7-8,10-13,16,22H,6,9,14-15H2,1-2H3,(H,23,25). The van der Waals surface area contributed by atoms with Crippen LogP contribution in [0.5, 0.6) is 5.75 Å². The van der Waals surface area contributed by atoms with Crippen LogP contribution < -0.4 is 15.0 Å². The molecule has 0 aromatic heterocycles. The number of amides is 2. The molecule has 0 radical (unpaired) electrons. The van der Waals surface area contributed by atoms with Gasteiger partial charge in [0.1, 0.15) is 5.75 Å². The Morgan fingerprint density at radius 1 is 1.11 bits per heavy atom. The van der Waals surface area contributed by atoms with Gasteiger partial charge >= 0.3 is 0 Å². The van der Waals surface area contributed by atoms with Crippen LogP contribution >= 0.6 is 0 Å². The van der Waals surface area contributed by atoms with Crippen LogP contribution in [0.25, 0.3) is 0 Å². The summed E-state index contributed by atoms with van der Waals surface area (Å²) in [5.74, 6) is 0.884. The van der Waals surface area contributed by atoms with Crippen molar-refractivity contribution in [3.8, 4) is 5.75 Å². The third kappa shape index (κ3) is 4.88. The fourth-order valence-corrected chi connectivity index (χ4v) is 3.30. The van der Waals surface area contributed by atoms with E-state index in [0.717, 1.165) is 24.2 Å². The normalized spacial score (nSPS) is 15.1. The van der Waals surface area contributed by atoms with Crippen molar-refractivity contribution < 1.29 is 14.3 Å². The average molecular weight is 366 g/mol. The highest BCUT2D eigenvalue weighted by molar-refractivity contribution is 5.95. The highest BCUT2D eigenvalue weighted by Gasteiger charge is 2.21. The molecule has 1 fully saturated rings. The van der Waals surface area contributed by atoms with Crippen LogP contribution in [-0.4, -0.2) is 25.0 Å². The number of benzene rings is 2. The molecule has 0 saturated carbocycles. The first-order valence-corrected chi connectivity index (χ1v) is 9.42. The predicted molar refractivity (Wildman–Crippen MR) is 106 cm³/mol. The molecule has 0 aliphatic carbocycles. The van der Waals surface area contributed by atoms with Gasteiger partial charge in [0.05, 0.1) is 6.04 Å². The second-order valence-electron chi connectivity index (χ2n) is 7.13. The Morgan fingerprint density at radius 2 is 1.81 bits per heavy atom. The number of hydrogen-bond acceptors (Lipinski definition) is 3. The fraction of sp³-hybridized carbons (Fsp3) is 0.364. The zero-order valence-electron chi connectivity index (χ0n) is 15.9. The van der Waals surface area contributed by atoms with Crippen molar-refractivity contribution in [3.63, 3.8) is 0 Å². The summed E-state index contributed by atoms with van der Waals surface area (Å²) in [6, 6.07) is 17.2. The van der Waals surface area contributed by atoms with Gasteiger partial charge < -0.3 is 15.0 Å². The summed E-state index contributed by atoms with van der Waals surface area (Å²) in [6.45, 7) is 4.88. The predicted octanol–water partition coefficient (Wildman–Crippen LogP) is 3.71. The summed E-state index contributed by atoms with van der Waals surface area (Å²) in [5.41, 5.74) is 1.96. The first kappa shape index (κ1) is 19.0. The Labute approximate surface area is 160 Å². The van der Waals surface area contributed by atoms with Crippen molar-refractivity contribution in [2.24, 2.45) is 5.92 Å². The van der Waals surface area contributed by atoms with E-state index in [-0.39, 0.29) is 30.4 Å². The molecule has 5 nitrogen and oxygen atoms in total. The molecule has 0 bridgehead atoms. The summed E-state index contributed by atoms with van der Waals surface area (Å²) in [7, 11) is 0. The van der Waals surface area contributed by atoms with Crippen molar-refractivity contribution >= 4 is 17.5 Å². The van der Waals surface area contributed by atoms with Crippen molar-refractivity contribution in [1.82, 2.24) is 5.32 Å². The molecule has 2 aromatic rings. The molecular weight excluding hydrogens is 340 g/mol. The molecule has 0 spiro atoms. The number of carbonyl (C=O) groups excluding carboxylic acids is 2. The second-order valence-corrected chi connectivity index (χ2v) is 7.13. The molecule has 2 amide bonds. The lowest BCUT2D eigenvalue weighted by atomic mass is 9.96. The van der Waals surface area contributed by atoms with Gasteiger partial charge in [-0.2, -0.15) is 0 Å². The number of nitrogens with zero attached hydrogens (tertiary/aromatic N) is 1. The monoisotopic (exact) mass is 366 g/mol. The van der Waals surface area contributed by atoms with Gasteiger partial charge in [0, 0.05) is 18.7 Å². The van der Waals surface area contributed by atoms with E-state index in [1.807, 2.05) is 42.5 Å². The Balaban J connectivity index is 1.54. The average Bonchev–Trinajstić information content (AvgIpc) is 3.11. The maximum Gasteiger partial charge on any atom is 0.258 e. The zero-order chi connectivity index (χ0) is 19.2. The quantitative estimate of drug-likeness (QED) is 0.813. The minimum atomic E-state index is -0.156. The Bertz CT molecular complexity index is 772. The van der Waals surface area contributed by atoms with Gasteiger partial charge in [-0.1, -0.05) is 44.2 Å². The van der Waals surface area contributed by atoms with Crippen molar-refractivity contribution in [2.75, 3.05) is 18.1 Å². The highest BCUT2D eigenvalue weighted by Crippen LogP contribution is 2.24. The molecule has 1 atom stereocenters. The number of nitrogens with one attached hydrogen (secondary N) is 1. The summed E-state index contributed by atoms with van der Waals surface area (Å²) in [5, 5.41) is 3.05. The fourth-order valence-electron chi connectivity index (χ4n) is 3.30. The summed E-state index contributed by atoms with van der Waals surface area (Å²) >= 11 is 0. The molecule has 5 heteroatoms. The zero-order valence-corrected chi connectivity index (χ0v) is 15.9. The molecule has 1 unspecified atom stereocenters. The first-order chi connectivity index (χ1) is 13.0. The van der Waals surface area contributed by atoms with E-state index < -0.39 is 0 Å². The van der Waals surface area contributed by atoms with E-state index in [1.54, 1.807) is 17.0 Å². The van der Waals surface area contributed by atoms with E-state index in [9.17, 15) is 9.59 Å².